The minimum Gasteiger partial charge on any atom is -0.481 e. The maximum Gasteiger partial charge on any atom is 0.306 e. The van der Waals surface area contributed by atoms with Crippen molar-refractivity contribution in [2.75, 3.05) is 6.54 Å². The number of guanidine groups is 2. The van der Waals surface area contributed by atoms with Crippen molar-refractivity contribution in [3.05, 3.63) is 0 Å². The molecule has 2 atom stereocenters. The Balaban J connectivity index is -0.000000354. The topological polar surface area (TPSA) is 181 Å². The van der Waals surface area contributed by atoms with Crippen molar-refractivity contribution in [1.29, 1.82) is 10.8 Å². The van der Waals surface area contributed by atoms with E-state index >= 15 is 0 Å². The van der Waals surface area contributed by atoms with Gasteiger partial charge in [0.05, 0.1) is 12.5 Å². The van der Waals surface area contributed by atoms with Gasteiger partial charge in [0.15, 0.2) is 11.9 Å². The Bertz CT molecular complexity index is 368. The largest absolute Gasteiger partial charge is 0.481 e. The smallest absolute Gasteiger partial charge is 0.306 e. The van der Waals surface area contributed by atoms with Crippen LogP contribution in [0.2, 0.25) is 0 Å². The summed E-state index contributed by atoms with van der Waals surface area (Å²) >= 11 is 0. The van der Waals surface area contributed by atoms with E-state index in [-0.39, 0.29) is 30.7 Å². The van der Waals surface area contributed by atoms with Crippen molar-refractivity contribution in [3.8, 4) is 0 Å². The maximum absolute atomic E-state index is 10.2. The second-order valence-electron chi connectivity index (χ2n) is 5.65. The number of halogens is 1. The molecule has 0 rings (SSSR count). The normalized spacial score (nSPS) is 12.1. The number of carboxylic acids is 1. The Labute approximate surface area is 150 Å². The summed E-state index contributed by atoms with van der Waals surface area (Å²) in [6, 6.07) is -0.430. The van der Waals surface area contributed by atoms with Gasteiger partial charge in [-0.2, -0.15) is 0 Å². The standard InChI is InChI=1S/C8H17NO3.C6H15N5.ClH/c1-5(2)3-6(9)7(10)4-8(11)12;1-2-3-4-10-6(9)11-5(7)8;/h5-7,10H,3-4,9H2,1-2H3,(H,11,12);2-4H2,1H3,(H6,7,8,9,10,11);1H/t6-,7-;;/m0../s1. The molecule has 24 heavy (non-hydrogen) atoms. The highest BCUT2D eigenvalue weighted by Crippen LogP contribution is 2.08. The van der Waals surface area contributed by atoms with E-state index in [2.05, 4.69) is 17.6 Å². The number of nitrogens with one attached hydrogen (secondary N) is 4. The molecule has 0 fully saturated rings. The predicted octanol–water partition coefficient (Wildman–Crippen LogP) is 0.411. The van der Waals surface area contributed by atoms with Gasteiger partial charge in [-0.15, -0.1) is 12.4 Å². The SMILES string of the molecule is CC(C)C[C@H](N)[C@@H](O)CC(=O)O.CCCCNC(=N)NC(=N)N.Cl. The van der Waals surface area contributed by atoms with E-state index in [1.54, 1.807) is 0 Å². The molecular weight excluding hydrogens is 336 g/mol. The van der Waals surface area contributed by atoms with Crippen LogP contribution in [-0.2, 0) is 4.79 Å². The van der Waals surface area contributed by atoms with Gasteiger partial charge >= 0.3 is 5.97 Å². The summed E-state index contributed by atoms with van der Waals surface area (Å²) in [5.41, 5.74) is 10.5. The van der Waals surface area contributed by atoms with Crippen LogP contribution < -0.4 is 22.1 Å². The predicted molar refractivity (Wildman–Crippen MR) is 98.6 cm³/mol. The van der Waals surface area contributed by atoms with E-state index in [0.29, 0.717) is 12.3 Å². The summed E-state index contributed by atoms with van der Waals surface area (Å²) in [5, 5.41) is 36.6. The Hall–Kier alpha value is -1.58. The van der Waals surface area contributed by atoms with Crippen LogP contribution in [0, 0.1) is 16.7 Å². The number of rotatable bonds is 8. The second kappa shape index (κ2) is 16.3. The second-order valence-corrected chi connectivity index (χ2v) is 5.65. The van der Waals surface area contributed by atoms with Crippen molar-refractivity contribution in [3.63, 3.8) is 0 Å². The molecule has 0 radical (unpaired) electrons. The Morgan fingerprint density at radius 1 is 1.29 bits per heavy atom. The first-order valence-electron chi connectivity index (χ1n) is 7.68. The lowest BCUT2D eigenvalue weighted by molar-refractivity contribution is -0.139. The fourth-order valence-electron chi connectivity index (χ4n) is 1.60. The molecule has 0 saturated heterocycles. The molecule has 10 N–H and O–H groups in total. The van der Waals surface area contributed by atoms with Gasteiger partial charge in [0.1, 0.15) is 0 Å². The van der Waals surface area contributed by atoms with Gasteiger partial charge in [-0.05, 0) is 18.8 Å². The van der Waals surface area contributed by atoms with Crippen LogP contribution in [0.15, 0.2) is 0 Å². The van der Waals surface area contributed by atoms with Crippen molar-refractivity contribution >= 4 is 30.3 Å². The highest BCUT2D eigenvalue weighted by Gasteiger charge is 2.18. The van der Waals surface area contributed by atoms with E-state index in [4.69, 9.17) is 27.4 Å². The molecule has 0 amide bonds. The van der Waals surface area contributed by atoms with E-state index in [1.807, 2.05) is 13.8 Å². The highest BCUT2D eigenvalue weighted by molar-refractivity contribution is 5.94. The molecule has 0 bridgehead atoms. The first kappa shape index (κ1) is 27.3. The fraction of sp³-hybridized carbons (Fsp3) is 0.786. The van der Waals surface area contributed by atoms with Gasteiger partial charge in [-0.25, -0.2) is 0 Å². The lowest BCUT2D eigenvalue weighted by Crippen LogP contribution is -2.43. The molecule has 10 heteroatoms. The Kier molecular flexibility index (Phi) is 18.5. The summed E-state index contributed by atoms with van der Waals surface area (Å²) in [5.74, 6) is -0.755. The number of aliphatic hydroxyl groups is 1. The van der Waals surface area contributed by atoms with E-state index in [1.165, 1.54) is 0 Å². The molecule has 0 saturated carbocycles. The maximum atomic E-state index is 10.2. The van der Waals surface area contributed by atoms with Crippen molar-refractivity contribution < 1.29 is 15.0 Å². The van der Waals surface area contributed by atoms with Crippen LogP contribution in [0.3, 0.4) is 0 Å². The minimum absolute atomic E-state index is 0. The van der Waals surface area contributed by atoms with Gasteiger partial charge in [-0.1, -0.05) is 27.2 Å². The third kappa shape index (κ3) is 20.4. The third-order valence-electron chi connectivity index (χ3n) is 2.71. The number of aliphatic carboxylic acids is 1. The number of carboxylic acid groups (broad SMARTS) is 1. The molecule has 0 aromatic rings. The quantitative estimate of drug-likeness (QED) is 0.173. The molecule has 0 aromatic heterocycles. The number of aliphatic hydroxyl groups excluding tert-OH is 1. The molecule has 0 aliphatic heterocycles. The number of hydrogen-bond donors (Lipinski definition) is 8. The summed E-state index contributed by atoms with van der Waals surface area (Å²) in [6.07, 6.45) is 1.55. The van der Waals surface area contributed by atoms with Crippen LogP contribution >= 0.6 is 12.4 Å². The molecule has 0 aromatic carbocycles. The van der Waals surface area contributed by atoms with Crippen LogP contribution in [0.5, 0.6) is 0 Å². The molecule has 0 aliphatic carbocycles. The molecule has 0 aliphatic rings. The molecule has 9 nitrogen and oxygen atoms in total. The van der Waals surface area contributed by atoms with Gasteiger partial charge in [0.25, 0.3) is 0 Å². The molecule has 144 valence electrons. The van der Waals surface area contributed by atoms with Crippen LogP contribution in [0.1, 0.15) is 46.5 Å². The number of nitrogens with two attached hydrogens (primary N) is 2. The van der Waals surface area contributed by atoms with Crippen molar-refractivity contribution in [2.24, 2.45) is 17.4 Å². The van der Waals surface area contributed by atoms with Crippen LogP contribution in [-0.4, -0.2) is 46.8 Å². The monoisotopic (exact) mass is 368 g/mol. The van der Waals surface area contributed by atoms with Crippen LogP contribution in [0.4, 0.5) is 0 Å². The molecular formula is C14H33ClN6O3. The third-order valence-corrected chi connectivity index (χ3v) is 2.71. The van der Waals surface area contributed by atoms with Crippen molar-refractivity contribution in [2.45, 2.75) is 58.6 Å². The van der Waals surface area contributed by atoms with E-state index in [0.717, 1.165) is 19.4 Å². The van der Waals surface area contributed by atoms with E-state index in [9.17, 15) is 9.90 Å². The molecule has 0 spiro atoms. The summed E-state index contributed by atoms with van der Waals surface area (Å²) in [6.45, 7) is 6.78. The molecule has 0 heterocycles. The van der Waals surface area contributed by atoms with E-state index < -0.39 is 18.1 Å². The molecule has 0 unspecified atom stereocenters. The minimum atomic E-state index is -1.01. The van der Waals surface area contributed by atoms with Gasteiger partial charge in [-0.3, -0.25) is 20.9 Å². The Morgan fingerprint density at radius 3 is 2.21 bits per heavy atom. The first-order valence-corrected chi connectivity index (χ1v) is 7.68. The van der Waals surface area contributed by atoms with Gasteiger partial charge in [0, 0.05) is 12.6 Å². The lowest BCUT2D eigenvalue weighted by Gasteiger charge is -2.18. The van der Waals surface area contributed by atoms with Crippen LogP contribution in [0.25, 0.3) is 0 Å². The zero-order chi connectivity index (χ0) is 18.4. The number of hydrogen-bond acceptors (Lipinski definition) is 5. The highest BCUT2D eigenvalue weighted by atomic mass is 35.5. The zero-order valence-corrected chi connectivity index (χ0v) is 15.4. The zero-order valence-electron chi connectivity index (χ0n) is 14.6. The summed E-state index contributed by atoms with van der Waals surface area (Å²) in [7, 11) is 0. The summed E-state index contributed by atoms with van der Waals surface area (Å²) in [4.78, 5) is 10.2. The van der Waals surface area contributed by atoms with Gasteiger partial charge in [0.2, 0.25) is 0 Å². The van der Waals surface area contributed by atoms with Gasteiger partial charge < -0.3 is 27.0 Å². The first-order chi connectivity index (χ1) is 10.6. The number of unbranched alkanes of at least 4 members (excludes halogenated alkanes) is 1. The average Bonchev–Trinajstić information content (AvgIpc) is 2.37. The average molecular weight is 369 g/mol. The lowest BCUT2D eigenvalue weighted by atomic mass is 9.98. The summed E-state index contributed by atoms with van der Waals surface area (Å²) < 4.78 is 0. The van der Waals surface area contributed by atoms with Crippen molar-refractivity contribution in [1.82, 2.24) is 10.6 Å². The Morgan fingerprint density at radius 2 is 1.83 bits per heavy atom. The number of carbonyl (C=O) groups is 1. The fourth-order valence-corrected chi connectivity index (χ4v) is 1.60.